The maximum atomic E-state index is 13.2. The number of halogens is 3. The fourth-order valence-corrected chi connectivity index (χ4v) is 3.08. The molecule has 0 N–H and O–H groups in total. The van der Waals surface area contributed by atoms with E-state index in [-0.39, 0.29) is 29.7 Å². The standard InChI is InChI=1S/C16H16F3N3O2/c1-10-9-13(23)22-8-4-5-11(14(22)20-10)15(24)21-7-3-2-6-12(21)16(17,18)19/h4-5,8-9,12H,2-3,6-7H2,1H3. The van der Waals surface area contributed by atoms with E-state index in [1.54, 1.807) is 6.92 Å². The average Bonchev–Trinajstić information content (AvgIpc) is 2.53. The molecule has 1 aliphatic rings. The van der Waals surface area contributed by atoms with Crippen LogP contribution in [-0.2, 0) is 0 Å². The molecule has 0 radical (unpaired) electrons. The van der Waals surface area contributed by atoms with Crippen molar-refractivity contribution in [2.75, 3.05) is 6.54 Å². The Bertz CT molecular complexity index is 845. The zero-order valence-electron chi connectivity index (χ0n) is 13.0. The Morgan fingerprint density at radius 1 is 1.33 bits per heavy atom. The van der Waals surface area contributed by atoms with Gasteiger partial charge in [0.25, 0.3) is 11.5 Å². The molecule has 3 heterocycles. The molecule has 1 unspecified atom stereocenters. The second-order valence-electron chi connectivity index (χ2n) is 5.90. The van der Waals surface area contributed by atoms with E-state index >= 15 is 0 Å². The minimum absolute atomic E-state index is 0.00875. The lowest BCUT2D eigenvalue weighted by Gasteiger charge is -2.36. The number of alkyl halides is 3. The van der Waals surface area contributed by atoms with Gasteiger partial charge in [-0.1, -0.05) is 0 Å². The van der Waals surface area contributed by atoms with Crippen LogP contribution in [0.2, 0.25) is 0 Å². The van der Waals surface area contributed by atoms with Gasteiger partial charge in [0.05, 0.1) is 5.56 Å². The van der Waals surface area contributed by atoms with Crippen LogP contribution >= 0.6 is 0 Å². The van der Waals surface area contributed by atoms with Gasteiger partial charge in [0.2, 0.25) is 0 Å². The Hall–Kier alpha value is -2.38. The van der Waals surface area contributed by atoms with Crippen molar-refractivity contribution in [3.05, 3.63) is 46.0 Å². The number of hydrogen-bond acceptors (Lipinski definition) is 3. The van der Waals surface area contributed by atoms with Gasteiger partial charge in [-0.2, -0.15) is 13.2 Å². The highest BCUT2D eigenvalue weighted by molar-refractivity contribution is 6.00. The monoisotopic (exact) mass is 339 g/mol. The number of rotatable bonds is 1. The third kappa shape index (κ3) is 2.88. The second-order valence-corrected chi connectivity index (χ2v) is 5.90. The summed E-state index contributed by atoms with van der Waals surface area (Å²) in [6, 6.07) is 2.38. The summed E-state index contributed by atoms with van der Waals surface area (Å²) < 4.78 is 40.9. The summed E-state index contributed by atoms with van der Waals surface area (Å²) in [7, 11) is 0. The number of amides is 1. The molecule has 1 amide bonds. The Kier molecular flexibility index (Phi) is 4.06. The number of likely N-dealkylation sites (tertiary alicyclic amines) is 1. The molecule has 128 valence electrons. The molecule has 0 bridgehead atoms. The normalized spacial score (nSPS) is 18.8. The SMILES string of the molecule is Cc1cc(=O)n2cccc(C(=O)N3CCCCC3C(F)(F)F)c2n1. The van der Waals surface area contributed by atoms with E-state index in [2.05, 4.69) is 4.98 Å². The molecule has 0 aliphatic carbocycles. The number of fused-ring (bicyclic) bond motifs is 1. The van der Waals surface area contributed by atoms with Crippen molar-refractivity contribution in [1.29, 1.82) is 0 Å². The van der Waals surface area contributed by atoms with Crippen LogP contribution in [-0.4, -0.2) is 39.0 Å². The van der Waals surface area contributed by atoms with Crippen LogP contribution in [0.4, 0.5) is 13.2 Å². The first kappa shape index (κ1) is 16.5. The van der Waals surface area contributed by atoms with Gasteiger partial charge in [-0.05, 0) is 38.3 Å². The highest BCUT2D eigenvalue weighted by Gasteiger charge is 2.46. The zero-order valence-corrected chi connectivity index (χ0v) is 13.0. The van der Waals surface area contributed by atoms with E-state index in [0.717, 1.165) is 4.90 Å². The van der Waals surface area contributed by atoms with Crippen molar-refractivity contribution in [1.82, 2.24) is 14.3 Å². The molecule has 5 nitrogen and oxygen atoms in total. The van der Waals surface area contributed by atoms with Crippen molar-refractivity contribution in [2.24, 2.45) is 0 Å². The Balaban J connectivity index is 2.10. The molecular weight excluding hydrogens is 323 g/mol. The lowest BCUT2D eigenvalue weighted by atomic mass is 10.0. The van der Waals surface area contributed by atoms with Crippen LogP contribution in [0.3, 0.4) is 0 Å². The van der Waals surface area contributed by atoms with Crippen molar-refractivity contribution >= 4 is 11.6 Å². The van der Waals surface area contributed by atoms with Crippen LogP contribution in [0.1, 0.15) is 35.3 Å². The quantitative estimate of drug-likeness (QED) is 0.802. The summed E-state index contributed by atoms with van der Waals surface area (Å²) in [6.45, 7) is 1.64. The van der Waals surface area contributed by atoms with Crippen LogP contribution in [0.5, 0.6) is 0 Å². The van der Waals surface area contributed by atoms with Gasteiger partial charge < -0.3 is 4.90 Å². The maximum absolute atomic E-state index is 13.2. The van der Waals surface area contributed by atoms with E-state index in [4.69, 9.17) is 0 Å². The predicted octanol–water partition coefficient (Wildman–Crippen LogP) is 2.56. The molecule has 2 aromatic rings. The third-order valence-corrected chi connectivity index (χ3v) is 4.19. The first-order valence-corrected chi connectivity index (χ1v) is 7.66. The molecule has 1 atom stereocenters. The van der Waals surface area contributed by atoms with Crippen molar-refractivity contribution in [3.63, 3.8) is 0 Å². The van der Waals surface area contributed by atoms with Crippen LogP contribution in [0, 0.1) is 6.92 Å². The van der Waals surface area contributed by atoms with Gasteiger partial charge >= 0.3 is 6.18 Å². The topological polar surface area (TPSA) is 54.7 Å². The lowest BCUT2D eigenvalue weighted by Crippen LogP contribution is -2.51. The van der Waals surface area contributed by atoms with E-state index in [1.165, 1.54) is 28.8 Å². The molecule has 0 spiro atoms. The smallest absolute Gasteiger partial charge is 0.326 e. The molecule has 0 aromatic carbocycles. The Morgan fingerprint density at radius 2 is 2.08 bits per heavy atom. The molecule has 0 saturated carbocycles. The van der Waals surface area contributed by atoms with E-state index in [0.29, 0.717) is 18.5 Å². The van der Waals surface area contributed by atoms with Gasteiger partial charge in [0.1, 0.15) is 6.04 Å². The molecule has 24 heavy (non-hydrogen) atoms. The third-order valence-electron chi connectivity index (χ3n) is 4.19. The largest absolute Gasteiger partial charge is 0.408 e. The van der Waals surface area contributed by atoms with Gasteiger partial charge in [-0.3, -0.25) is 14.0 Å². The fourth-order valence-electron chi connectivity index (χ4n) is 3.08. The summed E-state index contributed by atoms with van der Waals surface area (Å²) in [5, 5.41) is 0. The number of hydrogen-bond donors (Lipinski definition) is 0. The predicted molar refractivity (Wildman–Crippen MR) is 80.9 cm³/mol. The molecule has 1 aliphatic heterocycles. The molecule has 3 rings (SSSR count). The zero-order chi connectivity index (χ0) is 17.5. The number of nitrogens with zero attached hydrogens (tertiary/aromatic N) is 3. The summed E-state index contributed by atoms with van der Waals surface area (Å²) >= 11 is 0. The minimum atomic E-state index is -4.47. The van der Waals surface area contributed by atoms with E-state index < -0.39 is 18.1 Å². The summed E-state index contributed by atoms with van der Waals surface area (Å²) in [6.07, 6.45) is -2.18. The number of pyridine rings is 1. The molecule has 1 fully saturated rings. The van der Waals surface area contributed by atoms with Crippen LogP contribution in [0.15, 0.2) is 29.2 Å². The molecular formula is C16H16F3N3O2. The highest BCUT2D eigenvalue weighted by atomic mass is 19.4. The van der Waals surface area contributed by atoms with Gasteiger partial charge in [0.15, 0.2) is 5.65 Å². The minimum Gasteiger partial charge on any atom is -0.326 e. The molecule has 8 heteroatoms. The van der Waals surface area contributed by atoms with Crippen molar-refractivity contribution < 1.29 is 18.0 Å². The molecule has 2 aromatic heterocycles. The van der Waals surface area contributed by atoms with E-state index in [9.17, 15) is 22.8 Å². The average molecular weight is 339 g/mol. The Morgan fingerprint density at radius 3 is 2.79 bits per heavy atom. The summed E-state index contributed by atoms with van der Waals surface area (Å²) in [5.74, 6) is -0.743. The highest BCUT2D eigenvalue weighted by Crippen LogP contribution is 2.33. The van der Waals surface area contributed by atoms with E-state index in [1.807, 2.05) is 0 Å². The fraction of sp³-hybridized carbons (Fsp3) is 0.438. The van der Waals surface area contributed by atoms with Crippen LogP contribution < -0.4 is 5.56 Å². The number of carbonyl (C=O) groups is 1. The Labute approximate surface area is 135 Å². The summed E-state index contributed by atoms with van der Waals surface area (Å²) in [4.78, 5) is 29.8. The first-order valence-electron chi connectivity index (χ1n) is 7.66. The number of aromatic nitrogens is 2. The van der Waals surface area contributed by atoms with Crippen molar-refractivity contribution in [3.8, 4) is 0 Å². The van der Waals surface area contributed by atoms with Gasteiger partial charge in [-0.25, -0.2) is 4.98 Å². The number of aryl methyl sites for hydroxylation is 1. The van der Waals surface area contributed by atoms with Gasteiger partial charge in [-0.15, -0.1) is 0 Å². The maximum Gasteiger partial charge on any atom is 0.408 e. The summed E-state index contributed by atoms with van der Waals surface area (Å²) in [5.41, 5.74) is 0.123. The second kappa shape index (κ2) is 5.92. The van der Waals surface area contributed by atoms with Crippen LogP contribution in [0.25, 0.3) is 5.65 Å². The lowest BCUT2D eigenvalue weighted by molar-refractivity contribution is -0.183. The number of piperidine rings is 1. The van der Waals surface area contributed by atoms with Gasteiger partial charge in [0, 0.05) is 24.5 Å². The molecule has 1 saturated heterocycles. The van der Waals surface area contributed by atoms with Crippen molar-refractivity contribution in [2.45, 2.75) is 38.4 Å². The first-order chi connectivity index (χ1) is 11.3. The number of carbonyl (C=O) groups excluding carboxylic acids is 1.